The van der Waals surface area contributed by atoms with Crippen molar-refractivity contribution in [2.24, 2.45) is 0 Å². The summed E-state index contributed by atoms with van der Waals surface area (Å²) in [6.07, 6.45) is 18.3. The molecule has 0 saturated heterocycles. The topological polar surface area (TPSA) is 113 Å². The summed E-state index contributed by atoms with van der Waals surface area (Å²) in [6.45, 7) is 0.551. The third-order valence-corrected chi connectivity index (χ3v) is 4.34. The quantitative estimate of drug-likeness (QED) is 0.246. The lowest BCUT2D eigenvalue weighted by Crippen LogP contribution is -2.38. The maximum atomic E-state index is 11.2. The zero-order valence-corrected chi connectivity index (χ0v) is 16.5. The fourth-order valence-corrected chi connectivity index (χ4v) is 2.74. The van der Waals surface area contributed by atoms with Gasteiger partial charge in [-0.1, -0.05) is 49.5 Å². The Kier molecular flexibility index (Phi) is 13.5. The first-order valence-corrected chi connectivity index (χ1v) is 10.1. The minimum atomic E-state index is -0.584. The molecule has 0 atom stereocenters. The lowest BCUT2D eigenvalue weighted by atomic mass is 10.1. The largest absolute Gasteiger partial charge is 0.351 e. The third kappa shape index (κ3) is 12.7. The molecule has 0 fully saturated rings. The van der Waals surface area contributed by atoms with Crippen molar-refractivity contribution in [3.05, 3.63) is 18.0 Å². The highest BCUT2D eigenvalue weighted by molar-refractivity contribution is 6.34. The number of rotatable bonds is 15. The molecule has 0 saturated carbocycles. The minimum Gasteiger partial charge on any atom is -0.351 e. The molecule has 1 heterocycles. The standard InChI is InChI=1S/C19H34N6O2/c1-20-18(26)19(27)21-16-14-12-10-8-6-4-2-3-5-7-9-11-13-15-17-22-24-25-23-17/h6,8H,2-5,7,9-16H2,1H3,(H,20,26)(H,21,27)(H,22,23,24,25)/b8-6-. The van der Waals surface area contributed by atoms with Gasteiger partial charge in [-0.25, -0.2) is 0 Å². The molecule has 2 amide bonds. The summed E-state index contributed by atoms with van der Waals surface area (Å²) in [6, 6.07) is 0. The maximum Gasteiger partial charge on any atom is 0.309 e. The van der Waals surface area contributed by atoms with Crippen LogP contribution in [0.4, 0.5) is 0 Å². The van der Waals surface area contributed by atoms with Crippen LogP contribution in [0.2, 0.25) is 0 Å². The van der Waals surface area contributed by atoms with Gasteiger partial charge in [0, 0.05) is 20.0 Å². The summed E-state index contributed by atoms with van der Waals surface area (Å²) in [5.74, 6) is -0.325. The highest BCUT2D eigenvalue weighted by Gasteiger charge is 2.08. The molecule has 0 radical (unpaired) electrons. The second-order valence-corrected chi connectivity index (χ2v) is 6.64. The number of carbonyl (C=O) groups excluding carboxylic acids is 2. The van der Waals surface area contributed by atoms with Crippen LogP contribution in [-0.4, -0.2) is 46.0 Å². The molecule has 3 N–H and O–H groups in total. The molecule has 0 aliphatic rings. The summed E-state index contributed by atoms with van der Waals surface area (Å²) in [5, 5.41) is 18.8. The van der Waals surface area contributed by atoms with Crippen molar-refractivity contribution in [3.8, 4) is 0 Å². The van der Waals surface area contributed by atoms with E-state index in [1.165, 1.54) is 45.6 Å². The number of amides is 2. The van der Waals surface area contributed by atoms with Crippen molar-refractivity contribution in [1.82, 2.24) is 31.3 Å². The van der Waals surface area contributed by atoms with E-state index in [4.69, 9.17) is 0 Å². The number of nitrogens with zero attached hydrogens (tertiary/aromatic N) is 3. The number of allylic oxidation sites excluding steroid dienone is 2. The molecule has 152 valence electrons. The zero-order valence-electron chi connectivity index (χ0n) is 16.5. The van der Waals surface area contributed by atoms with Crippen LogP contribution in [0.25, 0.3) is 0 Å². The van der Waals surface area contributed by atoms with E-state index >= 15 is 0 Å². The Morgan fingerprint density at radius 3 is 2.15 bits per heavy atom. The van der Waals surface area contributed by atoms with E-state index < -0.39 is 11.8 Å². The lowest BCUT2D eigenvalue weighted by molar-refractivity contribution is -0.138. The predicted octanol–water partition coefficient (Wildman–Crippen LogP) is 2.45. The van der Waals surface area contributed by atoms with Crippen LogP contribution < -0.4 is 10.6 Å². The molecule has 0 spiro atoms. The summed E-state index contributed by atoms with van der Waals surface area (Å²) < 4.78 is 0. The number of tetrazole rings is 1. The molecular formula is C19H34N6O2. The minimum absolute atomic E-state index is 0.551. The average Bonchev–Trinajstić information content (AvgIpc) is 3.20. The van der Waals surface area contributed by atoms with Crippen LogP contribution >= 0.6 is 0 Å². The molecule has 8 nitrogen and oxygen atoms in total. The molecule has 27 heavy (non-hydrogen) atoms. The van der Waals surface area contributed by atoms with Gasteiger partial charge in [0.05, 0.1) is 0 Å². The first-order chi connectivity index (χ1) is 13.2. The molecule has 1 rings (SSSR count). The zero-order chi connectivity index (χ0) is 19.6. The van der Waals surface area contributed by atoms with Gasteiger partial charge in [-0.05, 0) is 38.5 Å². The van der Waals surface area contributed by atoms with Crippen LogP contribution in [0.15, 0.2) is 12.2 Å². The number of carbonyl (C=O) groups is 2. The molecular weight excluding hydrogens is 344 g/mol. The predicted molar refractivity (Wildman–Crippen MR) is 105 cm³/mol. The Bertz CT molecular complexity index is 530. The van der Waals surface area contributed by atoms with Crippen molar-refractivity contribution in [1.29, 1.82) is 0 Å². The van der Waals surface area contributed by atoms with Crippen molar-refractivity contribution in [2.75, 3.05) is 13.6 Å². The van der Waals surface area contributed by atoms with E-state index in [0.29, 0.717) is 6.54 Å². The van der Waals surface area contributed by atoms with Gasteiger partial charge in [0.2, 0.25) is 0 Å². The number of aromatic amines is 1. The SMILES string of the molecule is CNC(=O)C(=O)NCCCC/C=C\CCCCCCCCCc1nn[nH]n1. The van der Waals surface area contributed by atoms with E-state index in [0.717, 1.165) is 44.3 Å². The van der Waals surface area contributed by atoms with Crippen molar-refractivity contribution < 1.29 is 9.59 Å². The normalized spacial score (nSPS) is 11.0. The van der Waals surface area contributed by atoms with Crippen LogP contribution in [-0.2, 0) is 16.0 Å². The number of aromatic nitrogens is 4. The van der Waals surface area contributed by atoms with Crippen LogP contribution in [0.1, 0.15) is 76.5 Å². The molecule has 1 aromatic heterocycles. The Morgan fingerprint density at radius 2 is 1.52 bits per heavy atom. The van der Waals surface area contributed by atoms with Gasteiger partial charge in [-0.3, -0.25) is 9.59 Å². The summed E-state index contributed by atoms with van der Waals surface area (Å²) >= 11 is 0. The van der Waals surface area contributed by atoms with Gasteiger partial charge in [0.1, 0.15) is 0 Å². The second-order valence-electron chi connectivity index (χ2n) is 6.64. The van der Waals surface area contributed by atoms with E-state index in [-0.39, 0.29) is 0 Å². The first-order valence-electron chi connectivity index (χ1n) is 10.1. The number of nitrogens with one attached hydrogen (secondary N) is 3. The van der Waals surface area contributed by atoms with Crippen molar-refractivity contribution in [2.45, 2.75) is 77.0 Å². The number of hydrogen-bond donors (Lipinski definition) is 3. The van der Waals surface area contributed by atoms with Gasteiger partial charge in [-0.2, -0.15) is 5.21 Å². The fourth-order valence-electron chi connectivity index (χ4n) is 2.74. The summed E-state index contributed by atoms with van der Waals surface area (Å²) in [5.41, 5.74) is 0. The van der Waals surface area contributed by atoms with Crippen LogP contribution in [0, 0.1) is 0 Å². The fraction of sp³-hybridized carbons (Fsp3) is 0.737. The van der Waals surface area contributed by atoms with E-state index in [1.54, 1.807) is 0 Å². The van der Waals surface area contributed by atoms with E-state index in [2.05, 4.69) is 43.4 Å². The first kappa shape index (κ1) is 22.8. The smallest absolute Gasteiger partial charge is 0.309 e. The average molecular weight is 379 g/mol. The van der Waals surface area contributed by atoms with Gasteiger partial charge < -0.3 is 10.6 Å². The molecule has 0 aromatic carbocycles. The van der Waals surface area contributed by atoms with E-state index in [1.807, 2.05) is 0 Å². The molecule has 0 unspecified atom stereocenters. The molecule has 8 heteroatoms. The molecule has 0 aliphatic heterocycles. The highest BCUT2D eigenvalue weighted by atomic mass is 16.2. The number of aryl methyl sites for hydroxylation is 1. The molecule has 1 aromatic rings. The number of likely N-dealkylation sites (N-methyl/N-ethyl adjacent to an activating group) is 1. The third-order valence-electron chi connectivity index (χ3n) is 4.34. The van der Waals surface area contributed by atoms with Crippen molar-refractivity contribution >= 4 is 11.8 Å². The maximum absolute atomic E-state index is 11.2. The Labute approximate surface area is 162 Å². The summed E-state index contributed by atoms with van der Waals surface area (Å²) in [7, 11) is 1.45. The number of unbranched alkanes of at least 4 members (excludes halogenated alkanes) is 9. The number of H-pyrrole nitrogens is 1. The van der Waals surface area contributed by atoms with Gasteiger partial charge in [0.15, 0.2) is 5.82 Å². The number of hydrogen-bond acceptors (Lipinski definition) is 5. The molecule has 0 bridgehead atoms. The van der Waals surface area contributed by atoms with Gasteiger partial charge in [-0.15, -0.1) is 10.2 Å². The Hall–Kier alpha value is -2.25. The van der Waals surface area contributed by atoms with Crippen LogP contribution in [0.3, 0.4) is 0 Å². The summed E-state index contributed by atoms with van der Waals surface area (Å²) in [4.78, 5) is 22.2. The highest BCUT2D eigenvalue weighted by Crippen LogP contribution is 2.10. The Balaban J connectivity index is 1.77. The van der Waals surface area contributed by atoms with Crippen molar-refractivity contribution in [3.63, 3.8) is 0 Å². The van der Waals surface area contributed by atoms with Gasteiger partial charge in [0.25, 0.3) is 0 Å². The Morgan fingerprint density at radius 1 is 0.889 bits per heavy atom. The van der Waals surface area contributed by atoms with Gasteiger partial charge >= 0.3 is 11.8 Å². The monoisotopic (exact) mass is 378 g/mol. The lowest BCUT2D eigenvalue weighted by Gasteiger charge is -2.02. The molecule has 0 aliphatic carbocycles. The van der Waals surface area contributed by atoms with Crippen LogP contribution in [0.5, 0.6) is 0 Å². The van der Waals surface area contributed by atoms with E-state index in [9.17, 15) is 9.59 Å². The second kappa shape index (κ2) is 16.0.